The van der Waals surface area contributed by atoms with Crippen molar-refractivity contribution in [2.24, 2.45) is 0 Å². The van der Waals surface area contributed by atoms with Gasteiger partial charge in [-0.25, -0.2) is 9.37 Å². The summed E-state index contributed by atoms with van der Waals surface area (Å²) in [5, 5.41) is 2.72. The number of carbonyl (C=O) groups excluding carboxylic acids is 3. The van der Waals surface area contributed by atoms with Gasteiger partial charge in [0, 0.05) is 36.1 Å². The van der Waals surface area contributed by atoms with Crippen LogP contribution in [0.3, 0.4) is 0 Å². The van der Waals surface area contributed by atoms with Crippen molar-refractivity contribution in [2.75, 3.05) is 11.9 Å². The smallest absolute Gasteiger partial charge is 0.255 e. The van der Waals surface area contributed by atoms with Gasteiger partial charge in [-0.1, -0.05) is 6.07 Å². The number of nitrogens with one attached hydrogen (secondary N) is 1. The molecule has 34 heavy (non-hydrogen) atoms. The van der Waals surface area contributed by atoms with Crippen molar-refractivity contribution in [1.82, 2.24) is 14.3 Å². The van der Waals surface area contributed by atoms with E-state index in [0.717, 1.165) is 22.7 Å². The molecule has 0 radical (unpaired) electrons. The summed E-state index contributed by atoms with van der Waals surface area (Å²) in [6.07, 6.45) is 5.88. The molecule has 8 heteroatoms. The third kappa shape index (κ3) is 4.05. The topological polar surface area (TPSA) is 83.8 Å². The van der Waals surface area contributed by atoms with Gasteiger partial charge in [0.2, 0.25) is 0 Å². The Morgan fingerprint density at radius 3 is 2.68 bits per heavy atom. The number of hydrogen-bond donors (Lipinski definition) is 1. The zero-order chi connectivity index (χ0) is 23.8. The molecule has 2 amide bonds. The van der Waals surface area contributed by atoms with Gasteiger partial charge in [-0.15, -0.1) is 0 Å². The molecule has 170 valence electrons. The maximum Gasteiger partial charge on any atom is 0.255 e. The van der Waals surface area contributed by atoms with E-state index >= 15 is 0 Å². The number of aromatic nitrogens is 2. The second kappa shape index (κ2) is 8.55. The minimum atomic E-state index is -0.628. The van der Waals surface area contributed by atoms with Gasteiger partial charge in [-0.05, 0) is 66.9 Å². The number of pyridine rings is 1. The third-order valence-corrected chi connectivity index (χ3v) is 6.03. The van der Waals surface area contributed by atoms with Crippen LogP contribution in [0.5, 0.6) is 0 Å². The Morgan fingerprint density at radius 2 is 1.85 bits per heavy atom. The number of halogens is 1. The second-order valence-electron chi connectivity index (χ2n) is 8.31. The molecule has 0 saturated heterocycles. The lowest BCUT2D eigenvalue weighted by molar-refractivity contribution is 0.0734. The van der Waals surface area contributed by atoms with E-state index in [0.29, 0.717) is 36.3 Å². The van der Waals surface area contributed by atoms with E-state index in [4.69, 9.17) is 0 Å². The predicted octanol–water partition coefficient (Wildman–Crippen LogP) is 4.13. The first-order chi connectivity index (χ1) is 16.4. The fourth-order valence-electron chi connectivity index (χ4n) is 4.18. The van der Waals surface area contributed by atoms with Crippen LogP contribution in [0.25, 0.3) is 5.52 Å². The molecule has 7 nitrogen and oxygen atoms in total. The zero-order valence-electron chi connectivity index (χ0n) is 18.4. The average molecular weight is 456 g/mol. The lowest BCUT2D eigenvalue weighted by Gasteiger charge is -2.29. The lowest BCUT2D eigenvalue weighted by Crippen LogP contribution is -2.36. The van der Waals surface area contributed by atoms with Crippen molar-refractivity contribution in [3.05, 3.63) is 101 Å². The van der Waals surface area contributed by atoms with Crippen LogP contribution in [0.15, 0.2) is 67.3 Å². The van der Waals surface area contributed by atoms with Gasteiger partial charge in [0.15, 0.2) is 5.78 Å². The second-order valence-corrected chi connectivity index (χ2v) is 8.31. The maximum atomic E-state index is 13.8. The van der Waals surface area contributed by atoms with Crippen molar-refractivity contribution in [1.29, 1.82) is 0 Å². The van der Waals surface area contributed by atoms with Gasteiger partial charge in [-0.3, -0.25) is 14.4 Å². The van der Waals surface area contributed by atoms with Crippen molar-refractivity contribution < 1.29 is 18.8 Å². The number of rotatable bonds is 4. The Hall–Kier alpha value is -4.33. The summed E-state index contributed by atoms with van der Waals surface area (Å²) >= 11 is 0. The largest absolute Gasteiger partial charge is 0.334 e. The number of Topliss-reactive ketones (excluding diaryl/α,β-unsaturated/α-hetero) is 1. The average Bonchev–Trinajstić information content (AvgIpc) is 3.32. The molecule has 5 rings (SSSR count). The number of imidazole rings is 1. The quantitative estimate of drug-likeness (QED) is 0.468. The highest BCUT2D eigenvalue weighted by Crippen LogP contribution is 2.23. The fraction of sp³-hybridized carbons (Fsp3) is 0.154. The highest BCUT2D eigenvalue weighted by molar-refractivity contribution is 6.05. The van der Waals surface area contributed by atoms with Crippen LogP contribution in [-0.4, -0.2) is 38.4 Å². The fourth-order valence-corrected chi connectivity index (χ4v) is 4.18. The highest BCUT2D eigenvalue weighted by atomic mass is 19.1. The van der Waals surface area contributed by atoms with Gasteiger partial charge < -0.3 is 14.6 Å². The molecule has 0 saturated carbocycles. The van der Waals surface area contributed by atoms with E-state index in [2.05, 4.69) is 10.3 Å². The monoisotopic (exact) mass is 456 g/mol. The predicted molar refractivity (Wildman–Crippen MR) is 124 cm³/mol. The van der Waals surface area contributed by atoms with Gasteiger partial charge in [0.25, 0.3) is 11.8 Å². The molecule has 0 spiro atoms. The minimum Gasteiger partial charge on any atom is -0.334 e. The maximum absolute atomic E-state index is 13.8. The van der Waals surface area contributed by atoms with Crippen LogP contribution in [0.1, 0.15) is 49.1 Å². The summed E-state index contributed by atoms with van der Waals surface area (Å²) < 4.78 is 15.6. The Kier molecular flexibility index (Phi) is 5.41. The summed E-state index contributed by atoms with van der Waals surface area (Å²) in [7, 11) is 0. The number of benzene rings is 2. The van der Waals surface area contributed by atoms with Gasteiger partial charge >= 0.3 is 0 Å². The normalized spacial score (nSPS) is 12.9. The number of amides is 2. The molecule has 0 aliphatic carbocycles. The number of fused-ring (bicyclic) bond motifs is 2. The highest BCUT2D eigenvalue weighted by Gasteiger charge is 2.23. The van der Waals surface area contributed by atoms with E-state index in [1.807, 2.05) is 22.7 Å². The Morgan fingerprint density at radius 1 is 1.00 bits per heavy atom. The molecular formula is C26H21FN4O3. The molecule has 0 atom stereocenters. The van der Waals surface area contributed by atoms with Crippen LogP contribution in [0.4, 0.5) is 10.1 Å². The molecule has 2 aromatic carbocycles. The number of hydrogen-bond acceptors (Lipinski definition) is 4. The van der Waals surface area contributed by atoms with E-state index < -0.39 is 11.6 Å². The molecule has 1 aliphatic rings. The molecule has 0 bridgehead atoms. The van der Waals surface area contributed by atoms with Gasteiger partial charge in [-0.2, -0.15) is 0 Å². The first-order valence-corrected chi connectivity index (χ1v) is 10.8. The van der Waals surface area contributed by atoms with E-state index in [1.165, 1.54) is 19.1 Å². The van der Waals surface area contributed by atoms with Gasteiger partial charge in [0.05, 0.1) is 23.6 Å². The van der Waals surface area contributed by atoms with Crippen LogP contribution >= 0.6 is 0 Å². The third-order valence-electron chi connectivity index (χ3n) is 6.03. The molecule has 0 unspecified atom stereocenters. The van der Waals surface area contributed by atoms with E-state index in [-0.39, 0.29) is 17.4 Å². The molecule has 1 N–H and O–H groups in total. The Balaban J connectivity index is 1.34. The van der Waals surface area contributed by atoms with E-state index in [9.17, 15) is 18.8 Å². The molecule has 2 aromatic heterocycles. The van der Waals surface area contributed by atoms with Crippen LogP contribution < -0.4 is 5.32 Å². The lowest BCUT2D eigenvalue weighted by atomic mass is 9.96. The summed E-state index contributed by atoms with van der Waals surface area (Å²) in [6, 6.07) is 12.9. The molecule has 3 heterocycles. The first-order valence-electron chi connectivity index (χ1n) is 10.8. The van der Waals surface area contributed by atoms with Gasteiger partial charge in [0.1, 0.15) is 5.82 Å². The van der Waals surface area contributed by atoms with Crippen LogP contribution in [0.2, 0.25) is 0 Å². The minimum absolute atomic E-state index is 0.0766. The molecule has 0 fully saturated rings. The van der Waals surface area contributed by atoms with Crippen molar-refractivity contribution in [3.63, 3.8) is 0 Å². The van der Waals surface area contributed by atoms with Crippen molar-refractivity contribution in [2.45, 2.75) is 19.9 Å². The SMILES string of the molecule is CC(=O)c1cc(NC(=O)c2ccc3c(c2)CN(C(=O)c2ccn4cncc4c2)CC3)ccc1F. The van der Waals surface area contributed by atoms with E-state index in [1.54, 1.807) is 35.6 Å². The number of anilines is 1. The van der Waals surface area contributed by atoms with Crippen LogP contribution in [0, 0.1) is 5.82 Å². The summed E-state index contributed by atoms with van der Waals surface area (Å²) in [4.78, 5) is 43.4. The Labute approximate surface area is 194 Å². The summed E-state index contributed by atoms with van der Waals surface area (Å²) in [5.41, 5.74) is 4.10. The first kappa shape index (κ1) is 21.5. The van der Waals surface area contributed by atoms with Crippen LogP contribution in [-0.2, 0) is 13.0 Å². The number of ketones is 1. The summed E-state index contributed by atoms with van der Waals surface area (Å²) in [5.74, 6) is -1.50. The van der Waals surface area contributed by atoms with Crippen molar-refractivity contribution in [3.8, 4) is 0 Å². The molecular weight excluding hydrogens is 435 g/mol. The Bertz CT molecular complexity index is 1460. The zero-order valence-corrected chi connectivity index (χ0v) is 18.4. The summed E-state index contributed by atoms with van der Waals surface area (Å²) in [6.45, 7) is 2.25. The van der Waals surface area contributed by atoms with Crippen molar-refractivity contribution >= 4 is 28.8 Å². The number of carbonyl (C=O) groups is 3. The standard InChI is InChI=1S/C26H21FN4O3/c1-16(32)23-12-21(4-5-24(23)27)29-25(33)18-3-2-17-6-8-30(14-20(17)10-18)26(34)19-7-9-31-15-28-13-22(31)11-19/h2-5,7,9-13,15H,6,8,14H2,1H3,(H,29,33). The number of nitrogens with zero attached hydrogens (tertiary/aromatic N) is 3. The molecule has 4 aromatic rings. The molecule has 1 aliphatic heterocycles.